The lowest BCUT2D eigenvalue weighted by Gasteiger charge is -2.25. The fourth-order valence-corrected chi connectivity index (χ4v) is 1.95. The van der Waals surface area contributed by atoms with E-state index in [9.17, 15) is 4.79 Å². The van der Waals surface area contributed by atoms with Crippen molar-refractivity contribution in [1.29, 1.82) is 0 Å². The third kappa shape index (κ3) is 2.95. The molecule has 0 aromatic heterocycles. The lowest BCUT2D eigenvalue weighted by atomic mass is 9.84. The molecule has 0 saturated heterocycles. The monoisotopic (exact) mass is 276 g/mol. The summed E-state index contributed by atoms with van der Waals surface area (Å²) in [4.78, 5) is 12.2. The number of rotatable bonds is 4. The number of carbonyl (C=O) groups excluding carboxylic acids is 1. The Kier molecular flexibility index (Phi) is 4.32. The van der Waals surface area contributed by atoms with Crippen LogP contribution in [0.1, 0.15) is 26.3 Å². The van der Waals surface area contributed by atoms with Crippen LogP contribution in [0.25, 0.3) is 0 Å². The van der Waals surface area contributed by atoms with Crippen LogP contribution in [-0.2, 0) is 14.9 Å². The Balaban J connectivity index is 2.18. The minimum absolute atomic E-state index is 0.257. The number of allylic oxidation sites excluding steroid dienone is 1. The van der Waals surface area contributed by atoms with Crippen molar-refractivity contribution < 1.29 is 19.0 Å². The molecular formula is C16H20O4. The van der Waals surface area contributed by atoms with Crippen LogP contribution in [0.3, 0.4) is 0 Å². The molecule has 0 atom stereocenters. The predicted molar refractivity (Wildman–Crippen MR) is 76.2 cm³/mol. The lowest BCUT2D eigenvalue weighted by Crippen LogP contribution is -2.31. The van der Waals surface area contributed by atoms with E-state index in [0.29, 0.717) is 25.6 Å². The van der Waals surface area contributed by atoms with Crippen LogP contribution in [0, 0.1) is 0 Å². The van der Waals surface area contributed by atoms with Crippen molar-refractivity contribution in [3.63, 3.8) is 0 Å². The molecule has 108 valence electrons. The molecule has 0 spiro atoms. The van der Waals surface area contributed by atoms with Gasteiger partial charge in [-0.05, 0) is 38.5 Å². The van der Waals surface area contributed by atoms with Gasteiger partial charge in [0.05, 0.1) is 5.41 Å². The fraction of sp³-hybridized carbons (Fsp3) is 0.438. The summed E-state index contributed by atoms with van der Waals surface area (Å²) in [5.74, 6) is 1.15. The van der Waals surface area contributed by atoms with E-state index in [-0.39, 0.29) is 5.97 Å². The lowest BCUT2D eigenvalue weighted by molar-refractivity contribution is -0.148. The molecule has 1 aliphatic rings. The van der Waals surface area contributed by atoms with Gasteiger partial charge >= 0.3 is 5.97 Å². The van der Waals surface area contributed by atoms with Gasteiger partial charge in [-0.2, -0.15) is 0 Å². The standard InChI is InChI=1S/C16H20O4/c1-4-5-8-20-15(17)16(2,3)12-6-7-13-14(11-12)19-10-9-18-13/h4-7,11H,8-10H2,1-3H3/b5-4+. The van der Waals surface area contributed by atoms with Gasteiger partial charge in [0.2, 0.25) is 0 Å². The van der Waals surface area contributed by atoms with Gasteiger partial charge in [0, 0.05) is 0 Å². The van der Waals surface area contributed by atoms with E-state index in [1.165, 1.54) is 0 Å². The highest BCUT2D eigenvalue weighted by Gasteiger charge is 2.32. The van der Waals surface area contributed by atoms with Crippen LogP contribution in [0.2, 0.25) is 0 Å². The number of benzene rings is 1. The molecule has 4 nitrogen and oxygen atoms in total. The largest absolute Gasteiger partial charge is 0.486 e. The normalized spacial score (nSPS) is 14.3. The van der Waals surface area contributed by atoms with Gasteiger partial charge < -0.3 is 14.2 Å². The second-order valence-electron chi connectivity index (χ2n) is 5.15. The summed E-state index contributed by atoms with van der Waals surface area (Å²) in [5.41, 5.74) is 0.129. The average Bonchev–Trinajstić information content (AvgIpc) is 2.46. The molecule has 0 radical (unpaired) electrons. The Morgan fingerprint density at radius 1 is 1.30 bits per heavy atom. The molecule has 1 aliphatic heterocycles. The summed E-state index contributed by atoms with van der Waals surface area (Å²) in [6, 6.07) is 5.57. The molecule has 0 unspecified atom stereocenters. The zero-order valence-corrected chi connectivity index (χ0v) is 12.1. The van der Waals surface area contributed by atoms with Crippen LogP contribution in [0.15, 0.2) is 30.4 Å². The van der Waals surface area contributed by atoms with Crippen molar-refractivity contribution >= 4 is 5.97 Å². The van der Waals surface area contributed by atoms with E-state index in [2.05, 4.69) is 0 Å². The maximum atomic E-state index is 12.2. The Labute approximate surface area is 119 Å². The SMILES string of the molecule is C/C=C/COC(=O)C(C)(C)c1ccc2c(c1)OCCO2. The highest BCUT2D eigenvalue weighted by Crippen LogP contribution is 2.35. The summed E-state index contributed by atoms with van der Waals surface area (Å²) in [6.07, 6.45) is 3.65. The molecule has 1 aromatic carbocycles. The van der Waals surface area contributed by atoms with Crippen LogP contribution in [0.5, 0.6) is 11.5 Å². The smallest absolute Gasteiger partial charge is 0.316 e. The summed E-state index contributed by atoms with van der Waals surface area (Å²) < 4.78 is 16.3. The van der Waals surface area contributed by atoms with Gasteiger partial charge in [0.15, 0.2) is 11.5 Å². The summed E-state index contributed by atoms with van der Waals surface area (Å²) in [6.45, 7) is 6.96. The van der Waals surface area contributed by atoms with Gasteiger partial charge in [-0.25, -0.2) is 0 Å². The van der Waals surface area contributed by atoms with Crippen LogP contribution in [-0.4, -0.2) is 25.8 Å². The van der Waals surface area contributed by atoms with Crippen molar-refractivity contribution in [3.8, 4) is 11.5 Å². The predicted octanol–water partition coefficient (Wildman–Crippen LogP) is 2.85. The van der Waals surface area contributed by atoms with Crippen molar-refractivity contribution in [1.82, 2.24) is 0 Å². The minimum atomic E-state index is -0.725. The summed E-state index contributed by atoms with van der Waals surface area (Å²) >= 11 is 0. The molecule has 0 aliphatic carbocycles. The molecule has 0 bridgehead atoms. The molecule has 0 N–H and O–H groups in total. The van der Waals surface area contributed by atoms with E-state index in [1.807, 2.05) is 45.0 Å². The van der Waals surface area contributed by atoms with E-state index < -0.39 is 5.41 Å². The third-order valence-electron chi connectivity index (χ3n) is 3.32. The first-order chi connectivity index (χ1) is 9.55. The molecule has 4 heteroatoms. The number of fused-ring (bicyclic) bond motifs is 1. The van der Waals surface area contributed by atoms with Crippen molar-refractivity contribution in [3.05, 3.63) is 35.9 Å². The van der Waals surface area contributed by atoms with E-state index >= 15 is 0 Å². The minimum Gasteiger partial charge on any atom is -0.486 e. The van der Waals surface area contributed by atoms with Crippen LogP contribution >= 0.6 is 0 Å². The van der Waals surface area contributed by atoms with Gasteiger partial charge in [-0.1, -0.05) is 18.2 Å². The van der Waals surface area contributed by atoms with Gasteiger partial charge in [-0.3, -0.25) is 4.79 Å². The molecule has 1 aromatic rings. The molecule has 0 saturated carbocycles. The maximum Gasteiger partial charge on any atom is 0.316 e. The van der Waals surface area contributed by atoms with E-state index in [4.69, 9.17) is 14.2 Å². The van der Waals surface area contributed by atoms with Crippen molar-refractivity contribution in [2.24, 2.45) is 0 Å². The van der Waals surface area contributed by atoms with E-state index in [1.54, 1.807) is 6.08 Å². The zero-order chi connectivity index (χ0) is 14.6. The number of esters is 1. The molecule has 1 heterocycles. The maximum absolute atomic E-state index is 12.2. The van der Waals surface area contributed by atoms with Crippen LogP contribution in [0.4, 0.5) is 0 Å². The van der Waals surface area contributed by atoms with Gasteiger partial charge in [0.1, 0.15) is 19.8 Å². The Bertz CT molecular complexity index is 517. The summed E-state index contributed by atoms with van der Waals surface area (Å²) in [5, 5.41) is 0. The second kappa shape index (κ2) is 5.99. The molecular weight excluding hydrogens is 256 g/mol. The number of hydrogen-bond acceptors (Lipinski definition) is 4. The van der Waals surface area contributed by atoms with Crippen LogP contribution < -0.4 is 9.47 Å². The molecule has 20 heavy (non-hydrogen) atoms. The quantitative estimate of drug-likeness (QED) is 0.626. The number of ether oxygens (including phenoxy) is 3. The first-order valence-corrected chi connectivity index (χ1v) is 6.74. The van der Waals surface area contributed by atoms with Crippen molar-refractivity contribution in [2.75, 3.05) is 19.8 Å². The topological polar surface area (TPSA) is 44.8 Å². The second-order valence-corrected chi connectivity index (χ2v) is 5.15. The number of hydrogen-bond donors (Lipinski definition) is 0. The van der Waals surface area contributed by atoms with Gasteiger partial charge in [0.25, 0.3) is 0 Å². The Hall–Kier alpha value is -1.97. The van der Waals surface area contributed by atoms with E-state index in [0.717, 1.165) is 11.3 Å². The number of carbonyl (C=O) groups is 1. The fourth-order valence-electron chi connectivity index (χ4n) is 1.95. The summed E-state index contributed by atoms with van der Waals surface area (Å²) in [7, 11) is 0. The first kappa shape index (κ1) is 14.4. The Morgan fingerprint density at radius 2 is 2.00 bits per heavy atom. The average molecular weight is 276 g/mol. The first-order valence-electron chi connectivity index (χ1n) is 6.74. The highest BCUT2D eigenvalue weighted by atomic mass is 16.6. The molecule has 2 rings (SSSR count). The molecule has 0 amide bonds. The van der Waals surface area contributed by atoms with Gasteiger partial charge in [-0.15, -0.1) is 0 Å². The zero-order valence-electron chi connectivity index (χ0n) is 12.1. The third-order valence-corrected chi connectivity index (χ3v) is 3.32. The van der Waals surface area contributed by atoms with Crippen molar-refractivity contribution in [2.45, 2.75) is 26.2 Å². The molecule has 0 fully saturated rings. The Morgan fingerprint density at radius 3 is 2.70 bits per heavy atom. The highest BCUT2D eigenvalue weighted by molar-refractivity contribution is 5.82.